The van der Waals surface area contributed by atoms with E-state index in [0.29, 0.717) is 6.61 Å². The summed E-state index contributed by atoms with van der Waals surface area (Å²) in [6, 6.07) is 5.45. The van der Waals surface area contributed by atoms with E-state index < -0.39 is 32.7 Å². The molecule has 0 spiro atoms. The molecule has 0 bridgehead atoms. The van der Waals surface area contributed by atoms with Crippen LogP contribution in [0.4, 0.5) is 0 Å². The minimum absolute atomic E-state index is 0.0492. The van der Waals surface area contributed by atoms with Crippen molar-refractivity contribution in [1.82, 2.24) is 19.7 Å². The average Bonchev–Trinajstić information content (AvgIpc) is 3.20. The van der Waals surface area contributed by atoms with Crippen molar-refractivity contribution in [3.63, 3.8) is 0 Å². The molecule has 0 unspecified atom stereocenters. The number of hydrogen-bond donors (Lipinski definition) is 1. The van der Waals surface area contributed by atoms with Crippen LogP contribution in [0.5, 0.6) is 0 Å². The Morgan fingerprint density at radius 3 is 2.52 bits per heavy atom. The van der Waals surface area contributed by atoms with Crippen molar-refractivity contribution < 1.29 is 17.9 Å². The fraction of sp³-hybridized carbons (Fsp3) is 0.444. The Morgan fingerprint density at radius 2 is 1.97 bits per heavy atom. The zero-order chi connectivity index (χ0) is 21.2. The van der Waals surface area contributed by atoms with Gasteiger partial charge in [0.25, 0.3) is 11.5 Å². The molecule has 0 saturated carbocycles. The molecule has 2 aromatic rings. The van der Waals surface area contributed by atoms with Crippen LogP contribution in [0, 0.1) is 0 Å². The van der Waals surface area contributed by atoms with Gasteiger partial charge in [0.15, 0.2) is 9.84 Å². The van der Waals surface area contributed by atoms with Gasteiger partial charge in [-0.1, -0.05) is 0 Å². The van der Waals surface area contributed by atoms with Crippen molar-refractivity contribution in [3.8, 4) is 5.69 Å². The highest BCUT2D eigenvalue weighted by Crippen LogP contribution is 2.12. The van der Waals surface area contributed by atoms with Gasteiger partial charge in [-0.25, -0.2) is 13.2 Å². The van der Waals surface area contributed by atoms with Crippen molar-refractivity contribution >= 4 is 15.7 Å². The Balaban J connectivity index is 1.99. The van der Waals surface area contributed by atoms with Gasteiger partial charge in [-0.2, -0.15) is 9.78 Å². The molecule has 29 heavy (non-hydrogen) atoms. The Hall–Kier alpha value is -2.79. The first-order valence-corrected chi connectivity index (χ1v) is 11.1. The quantitative estimate of drug-likeness (QED) is 0.678. The van der Waals surface area contributed by atoms with Gasteiger partial charge >= 0.3 is 5.69 Å². The normalized spacial score (nSPS) is 16.7. The molecule has 1 saturated heterocycles. The Morgan fingerprint density at radius 1 is 1.28 bits per heavy atom. The second kappa shape index (κ2) is 8.29. The third-order valence-electron chi connectivity index (χ3n) is 4.61. The third-order valence-corrected chi connectivity index (χ3v) is 5.74. The Bertz CT molecular complexity index is 1130. The predicted octanol–water partition coefficient (Wildman–Crippen LogP) is -0.274. The number of carbonyl (C=O) groups is 1. The molecule has 1 aliphatic heterocycles. The van der Waals surface area contributed by atoms with Crippen molar-refractivity contribution in [2.24, 2.45) is 0 Å². The first-order chi connectivity index (χ1) is 13.7. The van der Waals surface area contributed by atoms with Gasteiger partial charge in [0.2, 0.25) is 5.69 Å². The number of benzene rings is 1. The summed E-state index contributed by atoms with van der Waals surface area (Å²) in [5, 5.41) is 6.58. The zero-order valence-corrected chi connectivity index (χ0v) is 16.9. The Kier molecular flexibility index (Phi) is 5.99. The first kappa shape index (κ1) is 20.9. The van der Waals surface area contributed by atoms with Gasteiger partial charge in [0, 0.05) is 26.0 Å². The molecule has 1 aromatic heterocycles. The topological polar surface area (TPSA) is 129 Å². The maximum Gasteiger partial charge on any atom is 0.352 e. The number of sulfone groups is 1. The second-order valence-electron chi connectivity index (χ2n) is 6.70. The second-order valence-corrected chi connectivity index (χ2v) is 8.72. The number of ether oxygens (including phenoxy) is 1. The number of carbonyl (C=O) groups excluding carboxylic acids is 1. The minimum Gasteiger partial charge on any atom is -0.376 e. The van der Waals surface area contributed by atoms with E-state index in [1.807, 2.05) is 0 Å². The van der Waals surface area contributed by atoms with Crippen LogP contribution in [0.1, 0.15) is 30.3 Å². The molecule has 1 atom stereocenters. The van der Waals surface area contributed by atoms with Crippen molar-refractivity contribution in [1.29, 1.82) is 0 Å². The number of nitrogens with zero attached hydrogens (tertiary/aromatic N) is 3. The number of nitrogens with one attached hydrogen (secondary N) is 1. The van der Waals surface area contributed by atoms with Gasteiger partial charge in [-0.05, 0) is 44.0 Å². The molecule has 1 amide bonds. The van der Waals surface area contributed by atoms with Crippen LogP contribution in [0.15, 0.2) is 38.8 Å². The number of amides is 1. The molecule has 156 valence electrons. The standard InChI is InChI=1S/C18H22N4O6S/c1-3-21-17(24)15(16(23)19-11-13-5-4-10-28-13)20-22(18(21)25)12-6-8-14(9-7-12)29(2,26)27/h6-9,13H,3-5,10-11H2,1-2H3,(H,19,23)/t13-/m1/s1. The molecular formula is C18H22N4O6S. The molecule has 1 N–H and O–H groups in total. The molecule has 1 aliphatic rings. The number of hydrogen-bond acceptors (Lipinski definition) is 7. The molecule has 3 rings (SSSR count). The summed E-state index contributed by atoms with van der Waals surface area (Å²) in [7, 11) is -3.41. The van der Waals surface area contributed by atoms with Gasteiger partial charge in [-0.3, -0.25) is 14.2 Å². The van der Waals surface area contributed by atoms with Crippen LogP contribution in [0.25, 0.3) is 5.69 Å². The summed E-state index contributed by atoms with van der Waals surface area (Å²) in [6.45, 7) is 2.53. The molecule has 2 heterocycles. The molecule has 1 fully saturated rings. The van der Waals surface area contributed by atoms with Gasteiger partial charge in [-0.15, -0.1) is 0 Å². The summed E-state index contributed by atoms with van der Waals surface area (Å²) in [6.07, 6.45) is 2.69. The highest BCUT2D eigenvalue weighted by atomic mass is 32.2. The Labute approximate surface area is 167 Å². The van der Waals surface area contributed by atoms with Gasteiger partial charge in [0.1, 0.15) is 0 Å². The van der Waals surface area contributed by atoms with E-state index in [0.717, 1.165) is 28.3 Å². The lowest BCUT2D eigenvalue weighted by Crippen LogP contribution is -2.46. The summed E-state index contributed by atoms with van der Waals surface area (Å²) < 4.78 is 30.5. The average molecular weight is 422 g/mol. The number of rotatable bonds is 6. The summed E-state index contributed by atoms with van der Waals surface area (Å²) >= 11 is 0. The molecule has 11 heteroatoms. The molecule has 0 aliphatic carbocycles. The van der Waals surface area contributed by atoms with Crippen LogP contribution in [-0.2, 0) is 21.1 Å². The van der Waals surface area contributed by atoms with E-state index in [9.17, 15) is 22.8 Å². The van der Waals surface area contributed by atoms with Crippen LogP contribution in [-0.4, -0.2) is 54.2 Å². The SMILES string of the molecule is CCn1c(=O)c(C(=O)NC[C@H]2CCCO2)nn(-c2ccc(S(C)(=O)=O)cc2)c1=O. The highest BCUT2D eigenvalue weighted by molar-refractivity contribution is 7.90. The van der Waals surface area contributed by atoms with E-state index in [-0.39, 0.29) is 29.8 Å². The minimum atomic E-state index is -3.41. The van der Waals surface area contributed by atoms with Crippen LogP contribution in [0.3, 0.4) is 0 Å². The first-order valence-electron chi connectivity index (χ1n) is 9.17. The smallest absolute Gasteiger partial charge is 0.352 e. The van der Waals surface area contributed by atoms with Crippen LogP contribution < -0.4 is 16.6 Å². The maximum absolute atomic E-state index is 12.6. The molecule has 0 radical (unpaired) electrons. The van der Waals surface area contributed by atoms with Gasteiger partial charge in [0.05, 0.1) is 16.7 Å². The van der Waals surface area contributed by atoms with Crippen molar-refractivity contribution in [2.75, 3.05) is 19.4 Å². The summed E-state index contributed by atoms with van der Waals surface area (Å²) in [4.78, 5) is 37.8. The molecule has 10 nitrogen and oxygen atoms in total. The lowest BCUT2D eigenvalue weighted by molar-refractivity contribution is 0.0849. The fourth-order valence-electron chi connectivity index (χ4n) is 3.03. The maximum atomic E-state index is 12.6. The highest BCUT2D eigenvalue weighted by Gasteiger charge is 2.22. The van der Waals surface area contributed by atoms with E-state index in [2.05, 4.69) is 10.4 Å². The van der Waals surface area contributed by atoms with Crippen LogP contribution in [0.2, 0.25) is 0 Å². The van der Waals surface area contributed by atoms with E-state index in [1.54, 1.807) is 6.92 Å². The third kappa shape index (κ3) is 4.46. The van der Waals surface area contributed by atoms with Crippen molar-refractivity contribution in [3.05, 3.63) is 50.8 Å². The largest absolute Gasteiger partial charge is 0.376 e. The van der Waals surface area contributed by atoms with E-state index in [4.69, 9.17) is 4.74 Å². The molecule has 1 aromatic carbocycles. The lowest BCUT2D eigenvalue weighted by Gasteiger charge is -2.13. The van der Waals surface area contributed by atoms with Crippen molar-refractivity contribution in [2.45, 2.75) is 37.3 Å². The monoisotopic (exact) mass is 422 g/mol. The van der Waals surface area contributed by atoms with Crippen LogP contribution >= 0.6 is 0 Å². The molecular weight excluding hydrogens is 400 g/mol. The number of aromatic nitrogens is 3. The van der Waals surface area contributed by atoms with E-state index >= 15 is 0 Å². The summed E-state index contributed by atoms with van der Waals surface area (Å²) in [5.41, 5.74) is -1.69. The summed E-state index contributed by atoms with van der Waals surface area (Å²) in [5.74, 6) is -0.700. The predicted molar refractivity (Wildman–Crippen MR) is 104 cm³/mol. The lowest BCUT2D eigenvalue weighted by atomic mass is 10.2. The zero-order valence-electron chi connectivity index (χ0n) is 16.1. The van der Waals surface area contributed by atoms with Gasteiger partial charge < -0.3 is 10.1 Å². The van der Waals surface area contributed by atoms with E-state index in [1.165, 1.54) is 24.3 Å². The fourth-order valence-corrected chi connectivity index (χ4v) is 3.66.